The fourth-order valence-corrected chi connectivity index (χ4v) is 2.54. The van der Waals surface area contributed by atoms with Gasteiger partial charge in [-0.15, -0.1) is 5.56 Å². The third-order valence-corrected chi connectivity index (χ3v) is 3.74. The van der Waals surface area contributed by atoms with E-state index in [1.54, 1.807) is 0 Å². The number of carbonyl (C=O) groups is 1. The molecular formula is C19H17BrFeO2-6. The van der Waals surface area contributed by atoms with Gasteiger partial charge >= 0.3 is 5.97 Å². The minimum atomic E-state index is -0.349. The predicted molar refractivity (Wildman–Crippen MR) is 91.8 cm³/mol. The van der Waals surface area contributed by atoms with Crippen LogP contribution in [0, 0.1) is 0 Å². The summed E-state index contributed by atoms with van der Waals surface area (Å²) in [5.41, 5.74) is 1.93. The van der Waals surface area contributed by atoms with Gasteiger partial charge in [-0.25, -0.2) is 12.1 Å². The zero-order valence-electron chi connectivity index (χ0n) is 12.6. The Morgan fingerprint density at radius 2 is 1.57 bits per heavy atom. The van der Waals surface area contributed by atoms with Crippen LogP contribution in [0.15, 0.2) is 83.3 Å². The molecule has 0 saturated carbocycles. The van der Waals surface area contributed by atoms with Gasteiger partial charge in [0.25, 0.3) is 0 Å². The maximum Gasteiger partial charge on any atom is 0.302 e. The molecule has 0 aliphatic rings. The van der Waals surface area contributed by atoms with Gasteiger partial charge in [0.05, 0.1) is 0 Å². The molecule has 0 bridgehead atoms. The van der Waals surface area contributed by atoms with Gasteiger partial charge in [-0.05, 0) is 11.6 Å². The minimum absolute atomic E-state index is 0. The van der Waals surface area contributed by atoms with Crippen LogP contribution < -0.4 is 0 Å². The molecule has 0 fully saturated rings. The van der Waals surface area contributed by atoms with Crippen LogP contribution in [0.25, 0.3) is 0 Å². The third-order valence-electron chi connectivity index (χ3n) is 3.02. The van der Waals surface area contributed by atoms with Crippen molar-refractivity contribution in [3.63, 3.8) is 0 Å². The predicted octanol–water partition coefficient (Wildman–Crippen LogP) is 5.22. The molecule has 0 saturated heterocycles. The van der Waals surface area contributed by atoms with Crippen molar-refractivity contribution < 1.29 is 26.6 Å². The number of halogens is 1. The van der Waals surface area contributed by atoms with Crippen molar-refractivity contribution in [1.82, 2.24) is 0 Å². The summed E-state index contributed by atoms with van der Waals surface area (Å²) < 4.78 is 6.33. The van der Waals surface area contributed by atoms with Gasteiger partial charge in [0, 0.05) is 28.5 Å². The Kier molecular flexibility index (Phi) is 8.63. The van der Waals surface area contributed by atoms with E-state index >= 15 is 0 Å². The molecule has 126 valence electrons. The first-order valence-corrected chi connectivity index (χ1v) is 7.77. The van der Waals surface area contributed by atoms with E-state index in [4.69, 9.17) is 4.74 Å². The second-order valence-corrected chi connectivity index (χ2v) is 5.55. The molecule has 3 aromatic rings. The van der Waals surface area contributed by atoms with Gasteiger partial charge in [-0.1, -0.05) is 34.1 Å². The summed E-state index contributed by atoms with van der Waals surface area (Å²) in [6.45, 7) is 1.42. The summed E-state index contributed by atoms with van der Waals surface area (Å²) in [6, 6.07) is 25.5. The first-order chi connectivity index (χ1) is 10.7. The zero-order valence-corrected chi connectivity index (χ0v) is 15.3. The largest absolute Gasteiger partial charge is 0.748 e. The molecule has 0 aliphatic heterocycles. The van der Waals surface area contributed by atoms with Crippen LogP contribution in [-0.2, 0) is 26.6 Å². The van der Waals surface area contributed by atoms with Crippen LogP contribution in [0.1, 0.15) is 24.2 Å². The van der Waals surface area contributed by atoms with Crippen molar-refractivity contribution >= 4 is 21.9 Å². The molecule has 3 aromatic carbocycles. The second-order valence-electron chi connectivity index (χ2n) is 4.69. The molecule has 0 amide bonds. The smallest absolute Gasteiger partial charge is 0.302 e. The number of hydrogen-bond acceptors (Lipinski definition) is 2. The maximum absolute atomic E-state index is 11.2. The first kappa shape index (κ1) is 19.4. The van der Waals surface area contributed by atoms with E-state index < -0.39 is 0 Å². The molecule has 0 N–H and O–H groups in total. The molecular weight excluding hydrogens is 396 g/mol. The summed E-state index contributed by atoms with van der Waals surface area (Å²) in [5.74, 6) is -0.285. The van der Waals surface area contributed by atoms with Crippen LogP contribution in [0.3, 0.4) is 0 Å². The van der Waals surface area contributed by atoms with Crippen LogP contribution in [0.4, 0.5) is 0 Å². The number of benzene rings is 1. The fraction of sp³-hybridized carbons (Fsp3) is 0.105. The van der Waals surface area contributed by atoms with E-state index in [0.29, 0.717) is 0 Å². The number of rotatable bonds is 3. The van der Waals surface area contributed by atoms with E-state index in [0.717, 1.165) is 15.6 Å². The molecule has 0 aromatic heterocycles. The molecule has 2 nitrogen and oxygen atoms in total. The fourth-order valence-electron chi connectivity index (χ4n) is 2.05. The number of ether oxygens (including phenoxy) is 1. The van der Waals surface area contributed by atoms with E-state index in [1.807, 2.05) is 78.9 Å². The summed E-state index contributed by atoms with van der Waals surface area (Å²) in [6.07, 6.45) is -0.349. The molecule has 0 aliphatic carbocycles. The summed E-state index contributed by atoms with van der Waals surface area (Å²) in [5, 5.41) is 0. The molecule has 3 rings (SSSR count). The normalized spacial score (nSPS) is 10.7. The average Bonchev–Trinajstić information content (AvgIpc) is 3.21. The Balaban J connectivity index is 0.000000377. The quantitative estimate of drug-likeness (QED) is 0.334. The Morgan fingerprint density at radius 1 is 1.04 bits per heavy atom. The molecule has 1 unspecified atom stereocenters. The Bertz CT molecular complexity index is 658. The van der Waals surface area contributed by atoms with Gasteiger partial charge in [0.1, 0.15) is 6.10 Å². The Hall–Kier alpha value is -1.61. The average molecular weight is 413 g/mol. The molecule has 4 heteroatoms. The van der Waals surface area contributed by atoms with Crippen molar-refractivity contribution in [2.24, 2.45) is 0 Å². The number of esters is 1. The monoisotopic (exact) mass is 412 g/mol. The zero-order chi connectivity index (χ0) is 15.8. The van der Waals surface area contributed by atoms with E-state index in [2.05, 4.69) is 15.9 Å². The number of carbonyl (C=O) groups excluding carboxylic acids is 1. The van der Waals surface area contributed by atoms with E-state index in [9.17, 15) is 4.79 Å². The van der Waals surface area contributed by atoms with Crippen molar-refractivity contribution in [3.8, 4) is 0 Å². The number of hydrogen-bond donors (Lipinski definition) is 0. The van der Waals surface area contributed by atoms with Crippen LogP contribution in [-0.4, -0.2) is 5.97 Å². The minimum Gasteiger partial charge on any atom is -0.748 e. The van der Waals surface area contributed by atoms with E-state index in [-0.39, 0.29) is 29.1 Å². The second kappa shape index (κ2) is 10.2. The molecule has 0 heterocycles. The standard InChI is InChI=1S/C14H12BrO2.C5H5.Fe/c1-10(16)17-14(11-6-2-3-7-11)12-8-4-5-9-13(12)15;1-2-4-5-3-1;/h2-9,14H,1H3;1-5H;/q-1;-5;. The molecule has 0 spiro atoms. The van der Waals surface area contributed by atoms with Gasteiger partial charge in [-0.3, -0.25) is 4.79 Å². The van der Waals surface area contributed by atoms with E-state index in [1.165, 1.54) is 6.92 Å². The van der Waals surface area contributed by atoms with Crippen molar-refractivity contribution in [3.05, 3.63) is 94.5 Å². The van der Waals surface area contributed by atoms with Crippen molar-refractivity contribution in [2.45, 2.75) is 13.0 Å². The summed E-state index contributed by atoms with van der Waals surface area (Å²) >= 11 is 3.48. The van der Waals surface area contributed by atoms with Crippen LogP contribution in [0.2, 0.25) is 0 Å². The van der Waals surface area contributed by atoms with Gasteiger partial charge in [-0.2, -0.15) is 12.1 Å². The Morgan fingerprint density at radius 3 is 2.04 bits per heavy atom. The summed E-state index contributed by atoms with van der Waals surface area (Å²) in [4.78, 5) is 11.2. The van der Waals surface area contributed by atoms with Gasteiger partial charge in [0.2, 0.25) is 0 Å². The van der Waals surface area contributed by atoms with Gasteiger partial charge < -0.3 is 35.1 Å². The maximum atomic E-state index is 11.2. The van der Waals surface area contributed by atoms with Crippen LogP contribution in [0.5, 0.6) is 0 Å². The molecule has 0 radical (unpaired) electrons. The molecule has 1 atom stereocenters. The molecule has 23 heavy (non-hydrogen) atoms. The Labute approximate surface area is 155 Å². The van der Waals surface area contributed by atoms with Crippen LogP contribution >= 0.6 is 15.9 Å². The third kappa shape index (κ3) is 6.18. The SMILES string of the molecule is CC(=O)OC(c1ccccc1Br)[c-]1cccc1.[Fe].[cH-]1[cH-][cH-][cH-][cH-]1. The first-order valence-electron chi connectivity index (χ1n) is 6.98. The van der Waals surface area contributed by atoms with Crippen molar-refractivity contribution in [2.75, 3.05) is 0 Å². The summed E-state index contributed by atoms with van der Waals surface area (Å²) in [7, 11) is 0. The topological polar surface area (TPSA) is 26.3 Å². The van der Waals surface area contributed by atoms with Crippen molar-refractivity contribution in [1.29, 1.82) is 0 Å². The van der Waals surface area contributed by atoms with Gasteiger partial charge in [0.15, 0.2) is 0 Å².